The predicted molar refractivity (Wildman–Crippen MR) is 153 cm³/mol. The lowest BCUT2D eigenvalue weighted by molar-refractivity contribution is 0.391. The minimum absolute atomic E-state index is 0.0350. The Kier molecular flexibility index (Phi) is 9.25. The highest BCUT2D eigenvalue weighted by Gasteiger charge is 2.25. The van der Waals surface area contributed by atoms with E-state index in [9.17, 15) is 4.21 Å². The highest BCUT2D eigenvalue weighted by atomic mass is 35.5. The van der Waals surface area contributed by atoms with Crippen LogP contribution in [0.2, 0.25) is 5.02 Å². The summed E-state index contributed by atoms with van der Waals surface area (Å²) in [6.45, 7) is 4.26. The first-order valence-corrected chi connectivity index (χ1v) is 14.3. The fourth-order valence-electron chi connectivity index (χ4n) is 4.13. The molecule has 3 aromatic carbocycles. The molecule has 1 aromatic heterocycles. The maximum Gasteiger partial charge on any atom is 0.197 e. The van der Waals surface area contributed by atoms with Gasteiger partial charge in [0, 0.05) is 23.2 Å². The van der Waals surface area contributed by atoms with Gasteiger partial charge < -0.3 is 14.8 Å². The molecule has 1 heterocycles. The van der Waals surface area contributed by atoms with Crippen LogP contribution in [0.3, 0.4) is 0 Å². The van der Waals surface area contributed by atoms with Crippen LogP contribution in [0, 0.1) is 12.7 Å². The summed E-state index contributed by atoms with van der Waals surface area (Å²) in [6, 6.07) is 16.1. The first kappa shape index (κ1) is 27.9. The minimum Gasteiger partial charge on any atom is -0.497 e. The molecule has 0 fully saturated rings. The molecule has 0 saturated heterocycles. The van der Waals surface area contributed by atoms with E-state index in [-0.39, 0.29) is 22.5 Å². The number of nitrogens with zero attached hydrogens (tertiary/aromatic N) is 2. The molecule has 0 radical (unpaired) electrons. The molecule has 10 heteroatoms. The van der Waals surface area contributed by atoms with E-state index >= 15 is 4.39 Å². The van der Waals surface area contributed by atoms with Gasteiger partial charge in [-0.3, -0.25) is 4.31 Å². The zero-order valence-electron chi connectivity index (χ0n) is 21.5. The summed E-state index contributed by atoms with van der Waals surface area (Å²) in [7, 11) is 1.17. The van der Waals surface area contributed by atoms with Crippen molar-refractivity contribution in [1.29, 1.82) is 0 Å². The number of anilines is 2. The van der Waals surface area contributed by atoms with Gasteiger partial charge in [0.2, 0.25) is 0 Å². The van der Waals surface area contributed by atoms with Gasteiger partial charge >= 0.3 is 0 Å². The van der Waals surface area contributed by atoms with E-state index in [1.807, 2.05) is 37.3 Å². The van der Waals surface area contributed by atoms with Crippen molar-refractivity contribution < 1.29 is 18.1 Å². The van der Waals surface area contributed by atoms with Crippen LogP contribution in [0.25, 0.3) is 0 Å². The number of nitrogens with one attached hydrogen (secondary N) is 1. The van der Waals surface area contributed by atoms with Crippen molar-refractivity contribution in [3.05, 3.63) is 93.7 Å². The summed E-state index contributed by atoms with van der Waals surface area (Å²) in [5.41, 5.74) is 3.43. The van der Waals surface area contributed by atoms with Crippen LogP contribution in [0.15, 0.2) is 71.1 Å². The Labute approximate surface area is 234 Å². The van der Waals surface area contributed by atoms with Gasteiger partial charge in [-0.25, -0.2) is 13.6 Å². The molecule has 4 rings (SSSR count). The molecule has 2 atom stereocenters. The molecule has 0 aliphatic heterocycles. The molecule has 0 bridgehead atoms. The Morgan fingerprint density at radius 3 is 2.61 bits per heavy atom. The minimum atomic E-state index is -1.95. The average Bonchev–Trinajstić information content (AvgIpc) is 3.46. The van der Waals surface area contributed by atoms with Crippen LogP contribution < -0.4 is 19.1 Å². The predicted octanol–water partition coefficient (Wildman–Crippen LogP) is 7.55. The maximum absolute atomic E-state index is 15.5. The molecule has 4 aromatic rings. The molecule has 0 aliphatic carbocycles. The van der Waals surface area contributed by atoms with Crippen LogP contribution in [0.1, 0.15) is 36.1 Å². The summed E-state index contributed by atoms with van der Waals surface area (Å²) >= 11 is 7.92. The number of ether oxygens (including phenoxy) is 2. The number of hydrogen-bond donors (Lipinski definition) is 1. The molecule has 1 N–H and O–H groups in total. The van der Waals surface area contributed by atoms with E-state index in [0.717, 1.165) is 23.1 Å². The zero-order chi connectivity index (χ0) is 27.2. The normalized spacial score (nSPS) is 12.6. The van der Waals surface area contributed by atoms with Crippen LogP contribution in [-0.4, -0.2) is 23.4 Å². The van der Waals surface area contributed by atoms with Crippen molar-refractivity contribution in [2.75, 3.05) is 23.8 Å². The number of halogens is 2. The topological polar surface area (TPSA) is 63.7 Å². The van der Waals surface area contributed by atoms with Gasteiger partial charge in [0.1, 0.15) is 17.3 Å². The number of methoxy groups -OCH3 is 2. The molecule has 38 heavy (non-hydrogen) atoms. The largest absolute Gasteiger partial charge is 0.497 e. The van der Waals surface area contributed by atoms with E-state index in [1.165, 1.54) is 27.8 Å². The fourth-order valence-corrected chi connectivity index (χ4v) is 6.42. The smallest absolute Gasteiger partial charge is 0.197 e. The highest BCUT2D eigenvalue weighted by Crippen LogP contribution is 2.35. The molecule has 0 saturated carbocycles. The van der Waals surface area contributed by atoms with Crippen LogP contribution in [0.4, 0.5) is 15.2 Å². The third kappa shape index (κ3) is 6.11. The van der Waals surface area contributed by atoms with Gasteiger partial charge in [0.25, 0.3) is 0 Å². The number of aromatic nitrogens is 1. The Bertz CT molecular complexity index is 1420. The zero-order valence-corrected chi connectivity index (χ0v) is 23.9. The fraction of sp³-hybridized carbons (Fsp3) is 0.250. The Balaban J connectivity index is 1.65. The molecule has 0 aliphatic rings. The summed E-state index contributed by atoms with van der Waals surface area (Å²) < 4.78 is 41.7. The van der Waals surface area contributed by atoms with Gasteiger partial charge in [0.05, 0.1) is 42.4 Å². The van der Waals surface area contributed by atoms with Crippen molar-refractivity contribution in [3.63, 3.8) is 0 Å². The Morgan fingerprint density at radius 1 is 1.16 bits per heavy atom. The summed E-state index contributed by atoms with van der Waals surface area (Å²) in [4.78, 5) is 4.29. The van der Waals surface area contributed by atoms with Crippen molar-refractivity contribution in [1.82, 2.24) is 4.98 Å². The average molecular weight is 574 g/mol. The van der Waals surface area contributed by atoms with E-state index in [4.69, 9.17) is 21.1 Å². The second-order valence-corrected chi connectivity index (χ2v) is 11.2. The van der Waals surface area contributed by atoms with E-state index in [2.05, 4.69) is 17.2 Å². The lowest BCUT2D eigenvalue weighted by atomic mass is 9.99. The molecular weight excluding hydrogens is 545 g/mol. The SMILES string of the molecule is CC[C@H](Nc1cc(F)c(S(=O)N(Cc2ccc(OC)cc2OC)c2nccs2)cc1Cl)c1ccccc1C. The van der Waals surface area contributed by atoms with Crippen LogP contribution in [0.5, 0.6) is 11.5 Å². The van der Waals surface area contributed by atoms with E-state index in [1.54, 1.807) is 37.9 Å². The van der Waals surface area contributed by atoms with Crippen molar-refractivity contribution in [2.45, 2.75) is 37.8 Å². The number of aryl methyl sites for hydroxylation is 1. The summed E-state index contributed by atoms with van der Waals surface area (Å²) in [5.74, 6) is 0.561. The number of rotatable bonds is 11. The molecular formula is C28H29ClFN3O3S2. The second kappa shape index (κ2) is 12.6. The maximum atomic E-state index is 15.5. The summed E-state index contributed by atoms with van der Waals surface area (Å²) in [6.07, 6.45) is 2.39. The lowest BCUT2D eigenvalue weighted by Crippen LogP contribution is -2.26. The van der Waals surface area contributed by atoms with Crippen LogP contribution >= 0.6 is 22.9 Å². The van der Waals surface area contributed by atoms with Crippen LogP contribution in [-0.2, 0) is 17.5 Å². The van der Waals surface area contributed by atoms with E-state index < -0.39 is 16.8 Å². The van der Waals surface area contributed by atoms with Gasteiger partial charge in [-0.1, -0.05) is 42.8 Å². The number of thiazole rings is 1. The second-order valence-electron chi connectivity index (χ2n) is 8.50. The first-order valence-electron chi connectivity index (χ1n) is 12.0. The molecule has 0 amide bonds. The monoisotopic (exact) mass is 573 g/mol. The van der Waals surface area contributed by atoms with Gasteiger partial charge in [-0.2, -0.15) is 0 Å². The van der Waals surface area contributed by atoms with Crippen molar-refractivity contribution in [3.8, 4) is 11.5 Å². The molecule has 200 valence electrons. The van der Waals surface area contributed by atoms with Crippen molar-refractivity contribution in [2.24, 2.45) is 0 Å². The quantitative estimate of drug-likeness (QED) is 0.201. The summed E-state index contributed by atoms with van der Waals surface area (Å²) in [5, 5.41) is 5.89. The Hall–Kier alpha value is -3.14. The third-order valence-corrected chi connectivity index (χ3v) is 8.77. The van der Waals surface area contributed by atoms with Gasteiger partial charge in [0.15, 0.2) is 16.1 Å². The van der Waals surface area contributed by atoms with Gasteiger partial charge in [-0.15, -0.1) is 11.3 Å². The standard InChI is InChI=1S/C28H29ClFN3O3S2/c1-5-24(21-9-7-6-8-18(21)2)32-25-16-23(30)27(15-22(25)29)38(34)33(28-31-12-13-37-28)17-19-10-11-20(35-3)14-26(19)36-4/h6-16,24,32H,5,17H2,1-4H3/t24-,38?/m0/s1. The number of hydrogen-bond acceptors (Lipinski definition) is 6. The third-order valence-electron chi connectivity index (χ3n) is 6.15. The van der Waals surface area contributed by atoms with E-state index in [0.29, 0.717) is 22.3 Å². The number of benzene rings is 3. The van der Waals surface area contributed by atoms with Crippen molar-refractivity contribution >= 4 is 44.7 Å². The molecule has 1 unspecified atom stereocenters. The van der Waals surface area contributed by atoms with Gasteiger partial charge in [-0.05, 0) is 48.7 Å². The highest BCUT2D eigenvalue weighted by molar-refractivity contribution is 7.86. The first-order chi connectivity index (χ1) is 18.4. The lowest BCUT2D eigenvalue weighted by Gasteiger charge is -2.24. The Morgan fingerprint density at radius 2 is 1.95 bits per heavy atom. The molecule has 6 nitrogen and oxygen atoms in total. The molecule has 0 spiro atoms.